The lowest BCUT2D eigenvalue weighted by atomic mass is 10.1. The molecular formula is C18H27N3O5S2. The van der Waals surface area contributed by atoms with Gasteiger partial charge in [0.05, 0.1) is 16.3 Å². The van der Waals surface area contributed by atoms with Crippen molar-refractivity contribution in [3.63, 3.8) is 0 Å². The van der Waals surface area contributed by atoms with Crippen molar-refractivity contribution in [2.24, 2.45) is 0 Å². The molecule has 0 N–H and O–H groups in total. The van der Waals surface area contributed by atoms with Crippen molar-refractivity contribution in [2.45, 2.75) is 38.5 Å². The number of carbonyl (C=O) groups is 1. The van der Waals surface area contributed by atoms with Crippen LogP contribution in [0.4, 0.5) is 5.69 Å². The quantitative estimate of drug-likeness (QED) is 0.717. The molecule has 2 fully saturated rings. The topological polar surface area (TPSA) is 95.1 Å². The normalized spacial score (nSPS) is 21.0. The second-order valence-corrected chi connectivity index (χ2v) is 11.3. The summed E-state index contributed by atoms with van der Waals surface area (Å²) >= 11 is 0. The molecule has 2 saturated heterocycles. The minimum Gasteiger partial charge on any atom is -0.340 e. The first-order valence-corrected chi connectivity index (χ1v) is 12.5. The van der Waals surface area contributed by atoms with Gasteiger partial charge in [-0.2, -0.15) is 4.31 Å². The first-order chi connectivity index (χ1) is 13.0. The Morgan fingerprint density at radius 2 is 1.54 bits per heavy atom. The minimum atomic E-state index is -3.72. The maximum atomic E-state index is 13.2. The van der Waals surface area contributed by atoms with E-state index in [0.29, 0.717) is 42.9 Å². The summed E-state index contributed by atoms with van der Waals surface area (Å²) in [5, 5.41) is 0. The number of benzene rings is 1. The van der Waals surface area contributed by atoms with Crippen molar-refractivity contribution in [3.05, 3.63) is 23.3 Å². The Balaban J connectivity index is 1.92. The van der Waals surface area contributed by atoms with Crippen LogP contribution in [0.3, 0.4) is 0 Å². The number of aryl methyl sites for hydroxylation is 2. The molecule has 28 heavy (non-hydrogen) atoms. The van der Waals surface area contributed by atoms with Crippen molar-refractivity contribution >= 4 is 31.6 Å². The number of anilines is 1. The first-order valence-electron chi connectivity index (χ1n) is 9.41. The Hall–Kier alpha value is -1.65. The fourth-order valence-electron chi connectivity index (χ4n) is 3.93. The second-order valence-electron chi connectivity index (χ2n) is 7.41. The van der Waals surface area contributed by atoms with Crippen LogP contribution in [0.5, 0.6) is 0 Å². The van der Waals surface area contributed by atoms with Crippen LogP contribution in [0, 0.1) is 13.8 Å². The van der Waals surface area contributed by atoms with E-state index in [1.165, 1.54) is 15.5 Å². The number of rotatable bonds is 3. The Bertz CT molecular complexity index is 957. The predicted octanol–water partition coefficient (Wildman–Crippen LogP) is 1.09. The van der Waals surface area contributed by atoms with Gasteiger partial charge in [-0.3, -0.25) is 9.10 Å². The number of sulfonamides is 2. The van der Waals surface area contributed by atoms with Gasteiger partial charge in [-0.1, -0.05) is 0 Å². The van der Waals surface area contributed by atoms with Crippen LogP contribution in [0.15, 0.2) is 17.0 Å². The van der Waals surface area contributed by atoms with Gasteiger partial charge in [0.25, 0.3) is 0 Å². The average Bonchev–Trinajstić information content (AvgIpc) is 2.60. The molecular weight excluding hydrogens is 402 g/mol. The smallest absolute Gasteiger partial charge is 0.243 e. The Labute approximate surface area is 167 Å². The third kappa shape index (κ3) is 3.90. The zero-order valence-corrected chi connectivity index (χ0v) is 18.1. The Morgan fingerprint density at radius 1 is 0.964 bits per heavy atom. The van der Waals surface area contributed by atoms with Gasteiger partial charge in [-0.25, -0.2) is 16.8 Å². The van der Waals surface area contributed by atoms with Gasteiger partial charge in [0.2, 0.25) is 26.0 Å². The van der Waals surface area contributed by atoms with E-state index >= 15 is 0 Å². The highest BCUT2D eigenvalue weighted by atomic mass is 32.2. The average molecular weight is 430 g/mol. The number of carbonyl (C=O) groups excluding carboxylic acids is 1. The van der Waals surface area contributed by atoms with Gasteiger partial charge < -0.3 is 4.90 Å². The van der Waals surface area contributed by atoms with E-state index in [2.05, 4.69) is 0 Å². The Kier molecular flexibility index (Phi) is 5.75. The Morgan fingerprint density at radius 3 is 2.04 bits per heavy atom. The van der Waals surface area contributed by atoms with Crippen molar-refractivity contribution in [1.82, 2.24) is 9.21 Å². The number of piperazine rings is 1. The maximum absolute atomic E-state index is 13.2. The molecule has 3 rings (SSSR count). The third-order valence-electron chi connectivity index (χ3n) is 5.36. The molecule has 1 aromatic carbocycles. The van der Waals surface area contributed by atoms with Crippen molar-refractivity contribution in [3.8, 4) is 0 Å². The highest BCUT2D eigenvalue weighted by Gasteiger charge is 2.33. The molecule has 0 atom stereocenters. The highest BCUT2D eigenvalue weighted by Crippen LogP contribution is 2.32. The van der Waals surface area contributed by atoms with Gasteiger partial charge >= 0.3 is 0 Å². The van der Waals surface area contributed by atoms with Crippen molar-refractivity contribution in [1.29, 1.82) is 0 Å². The number of amides is 1. The maximum Gasteiger partial charge on any atom is 0.243 e. The zero-order valence-electron chi connectivity index (χ0n) is 16.5. The monoisotopic (exact) mass is 429 g/mol. The molecule has 0 unspecified atom stereocenters. The minimum absolute atomic E-state index is 0.0588. The van der Waals surface area contributed by atoms with Crippen LogP contribution >= 0.6 is 0 Å². The number of hydrogen-bond acceptors (Lipinski definition) is 5. The molecule has 2 aliphatic rings. The fourth-order valence-corrected chi connectivity index (χ4v) is 7.39. The molecule has 1 amide bonds. The highest BCUT2D eigenvalue weighted by molar-refractivity contribution is 7.92. The van der Waals surface area contributed by atoms with Crippen LogP contribution in [0.2, 0.25) is 0 Å². The third-order valence-corrected chi connectivity index (χ3v) is 9.44. The molecule has 0 bridgehead atoms. The first kappa shape index (κ1) is 21.1. The summed E-state index contributed by atoms with van der Waals surface area (Å²) in [6.07, 6.45) is 1.44. The lowest BCUT2D eigenvalue weighted by Gasteiger charge is -2.34. The molecule has 0 aromatic heterocycles. The molecule has 10 heteroatoms. The molecule has 0 saturated carbocycles. The van der Waals surface area contributed by atoms with Gasteiger partial charge in [-0.05, 0) is 49.9 Å². The summed E-state index contributed by atoms with van der Waals surface area (Å²) in [6.45, 7) is 6.54. The van der Waals surface area contributed by atoms with E-state index in [9.17, 15) is 21.6 Å². The van der Waals surface area contributed by atoms with Gasteiger partial charge in [0.15, 0.2) is 0 Å². The van der Waals surface area contributed by atoms with Crippen LogP contribution in [-0.4, -0.2) is 70.4 Å². The molecule has 0 spiro atoms. The molecule has 156 valence electrons. The lowest BCUT2D eigenvalue weighted by molar-refractivity contribution is -0.129. The molecule has 2 heterocycles. The molecule has 8 nitrogen and oxygen atoms in total. The van der Waals surface area contributed by atoms with E-state index in [-0.39, 0.29) is 29.6 Å². The summed E-state index contributed by atoms with van der Waals surface area (Å²) in [5.74, 6) is 0.0578. The van der Waals surface area contributed by atoms with Crippen LogP contribution in [-0.2, 0) is 24.8 Å². The summed E-state index contributed by atoms with van der Waals surface area (Å²) in [6, 6.07) is 3.29. The second kappa shape index (κ2) is 7.64. The summed E-state index contributed by atoms with van der Waals surface area (Å²) in [5.41, 5.74) is 1.59. The number of hydrogen-bond donors (Lipinski definition) is 0. The largest absolute Gasteiger partial charge is 0.340 e. The predicted molar refractivity (Wildman–Crippen MR) is 107 cm³/mol. The molecule has 0 aliphatic carbocycles. The van der Waals surface area contributed by atoms with Gasteiger partial charge in [-0.15, -0.1) is 0 Å². The van der Waals surface area contributed by atoms with E-state index in [0.717, 1.165) is 6.42 Å². The van der Waals surface area contributed by atoms with E-state index in [4.69, 9.17) is 0 Å². The van der Waals surface area contributed by atoms with Gasteiger partial charge in [0, 0.05) is 39.6 Å². The van der Waals surface area contributed by atoms with E-state index < -0.39 is 20.0 Å². The standard InChI is InChI=1S/C18H27N3O5S2/c1-14-12-17(21-6-4-5-11-27(21,23)24)13-15(2)18(14)28(25,26)20-9-7-19(8-10-20)16(3)22/h12-13H,4-11H2,1-3H3. The van der Waals surface area contributed by atoms with Crippen LogP contribution in [0.1, 0.15) is 30.9 Å². The zero-order chi connectivity index (χ0) is 20.7. The van der Waals surface area contributed by atoms with Crippen molar-refractivity contribution in [2.75, 3.05) is 42.8 Å². The van der Waals surface area contributed by atoms with Crippen LogP contribution in [0.25, 0.3) is 0 Å². The summed E-state index contributed by atoms with van der Waals surface area (Å²) in [7, 11) is -7.08. The van der Waals surface area contributed by atoms with E-state index in [1.807, 2.05) is 0 Å². The summed E-state index contributed by atoms with van der Waals surface area (Å²) in [4.78, 5) is 13.3. The fraction of sp³-hybridized carbons (Fsp3) is 0.611. The van der Waals surface area contributed by atoms with Crippen LogP contribution < -0.4 is 4.31 Å². The SMILES string of the molecule is CC(=O)N1CCN(S(=O)(=O)c2c(C)cc(N3CCCCS3(=O)=O)cc2C)CC1. The molecule has 1 aromatic rings. The lowest BCUT2D eigenvalue weighted by Crippen LogP contribution is -2.50. The van der Waals surface area contributed by atoms with Gasteiger partial charge in [0.1, 0.15) is 0 Å². The molecule has 0 radical (unpaired) electrons. The number of nitrogens with zero attached hydrogens (tertiary/aromatic N) is 3. The van der Waals surface area contributed by atoms with Crippen molar-refractivity contribution < 1.29 is 21.6 Å². The van der Waals surface area contributed by atoms with E-state index in [1.54, 1.807) is 30.9 Å². The summed E-state index contributed by atoms with van der Waals surface area (Å²) < 4.78 is 54.0. The molecule has 2 aliphatic heterocycles.